The van der Waals surface area contributed by atoms with Crippen molar-refractivity contribution in [3.05, 3.63) is 0 Å². The van der Waals surface area contributed by atoms with Crippen molar-refractivity contribution in [3.63, 3.8) is 0 Å². The van der Waals surface area contributed by atoms with Crippen LogP contribution in [0.5, 0.6) is 0 Å². The van der Waals surface area contributed by atoms with Crippen molar-refractivity contribution >= 4 is 5.91 Å². The van der Waals surface area contributed by atoms with Crippen LogP contribution in [0.15, 0.2) is 0 Å². The van der Waals surface area contributed by atoms with Crippen LogP contribution < -0.4 is 11.2 Å². The predicted molar refractivity (Wildman–Crippen MR) is 64.6 cm³/mol. The maximum atomic E-state index is 11.7. The molecule has 94 valence electrons. The van der Waals surface area contributed by atoms with Gasteiger partial charge in [-0.2, -0.15) is 0 Å². The zero-order chi connectivity index (χ0) is 12.1. The van der Waals surface area contributed by atoms with Crippen molar-refractivity contribution in [2.24, 2.45) is 11.7 Å². The topological polar surface area (TPSA) is 61.6 Å². The minimum atomic E-state index is -0.389. The number of hydrazine groups is 1. The Labute approximate surface area is 97.9 Å². The molecule has 1 aliphatic rings. The van der Waals surface area contributed by atoms with Gasteiger partial charge in [0.15, 0.2) is 0 Å². The lowest BCUT2D eigenvalue weighted by Crippen LogP contribution is -2.56. The lowest BCUT2D eigenvalue weighted by Gasteiger charge is -2.33. The molecule has 0 aliphatic carbocycles. The number of nitrogens with two attached hydrogens (primary N) is 1. The number of amides is 1. The number of carbonyl (C=O) groups excluding carboxylic acids is 1. The number of hydrogen-bond donors (Lipinski definition) is 2. The van der Waals surface area contributed by atoms with Crippen LogP contribution in [-0.4, -0.2) is 55.1 Å². The number of hydrogen-bond acceptors (Lipinski definition) is 4. The molecule has 0 spiro atoms. The van der Waals surface area contributed by atoms with Crippen LogP contribution in [-0.2, 0) is 4.79 Å². The highest BCUT2D eigenvalue weighted by molar-refractivity contribution is 5.80. The minimum absolute atomic E-state index is 0.0572. The van der Waals surface area contributed by atoms with Gasteiger partial charge >= 0.3 is 0 Å². The highest BCUT2D eigenvalue weighted by atomic mass is 16.2. The van der Waals surface area contributed by atoms with Crippen LogP contribution in [0.3, 0.4) is 0 Å². The zero-order valence-electron chi connectivity index (χ0n) is 10.6. The molecule has 0 aromatic carbocycles. The smallest absolute Gasteiger partial charge is 0.251 e. The number of nitrogens with one attached hydrogen (secondary N) is 1. The molecular formula is C11H24N4O. The monoisotopic (exact) mass is 228 g/mol. The van der Waals surface area contributed by atoms with E-state index < -0.39 is 0 Å². The number of likely N-dealkylation sites (N-methyl/N-ethyl adjacent to an activating group) is 1. The SMILES string of the molecule is CC(C)C[C@H](N)C(=O)NN1CCN(C)CC1. The second-order valence-corrected chi connectivity index (χ2v) is 5.00. The molecule has 16 heavy (non-hydrogen) atoms. The Morgan fingerprint density at radius 1 is 1.31 bits per heavy atom. The molecule has 1 rings (SSSR count). The van der Waals surface area contributed by atoms with E-state index >= 15 is 0 Å². The largest absolute Gasteiger partial charge is 0.320 e. The molecule has 0 bridgehead atoms. The van der Waals surface area contributed by atoms with Gasteiger partial charge in [-0.25, -0.2) is 5.01 Å². The lowest BCUT2D eigenvalue weighted by molar-refractivity contribution is -0.128. The molecule has 5 nitrogen and oxygen atoms in total. The maximum Gasteiger partial charge on any atom is 0.251 e. The second-order valence-electron chi connectivity index (χ2n) is 5.00. The molecule has 0 saturated carbocycles. The van der Waals surface area contributed by atoms with E-state index in [1.807, 2.05) is 5.01 Å². The summed E-state index contributed by atoms with van der Waals surface area (Å²) in [6.07, 6.45) is 0.736. The van der Waals surface area contributed by atoms with Gasteiger partial charge in [0, 0.05) is 26.2 Å². The fraction of sp³-hybridized carbons (Fsp3) is 0.909. The van der Waals surface area contributed by atoms with Crippen LogP contribution in [0.1, 0.15) is 20.3 Å². The van der Waals surface area contributed by atoms with Crippen molar-refractivity contribution in [2.75, 3.05) is 33.2 Å². The van der Waals surface area contributed by atoms with Crippen molar-refractivity contribution in [1.82, 2.24) is 15.3 Å². The summed E-state index contributed by atoms with van der Waals surface area (Å²) in [5, 5.41) is 1.96. The lowest BCUT2D eigenvalue weighted by atomic mass is 10.0. The Bertz CT molecular complexity index is 224. The molecule has 1 heterocycles. The van der Waals surface area contributed by atoms with Gasteiger partial charge in [-0.3, -0.25) is 10.2 Å². The Hall–Kier alpha value is -0.650. The minimum Gasteiger partial charge on any atom is -0.320 e. The van der Waals surface area contributed by atoms with E-state index in [2.05, 4.69) is 31.2 Å². The highest BCUT2D eigenvalue weighted by Crippen LogP contribution is 2.03. The van der Waals surface area contributed by atoms with E-state index in [0.717, 1.165) is 32.6 Å². The molecule has 1 amide bonds. The fourth-order valence-electron chi connectivity index (χ4n) is 1.77. The predicted octanol–water partition coefficient (Wildman–Crippen LogP) is -0.362. The fourth-order valence-corrected chi connectivity index (χ4v) is 1.77. The first-order valence-electron chi connectivity index (χ1n) is 5.98. The first-order valence-corrected chi connectivity index (χ1v) is 5.98. The van der Waals surface area contributed by atoms with Crippen LogP contribution in [0.4, 0.5) is 0 Å². The average Bonchev–Trinajstić information content (AvgIpc) is 2.20. The summed E-state index contributed by atoms with van der Waals surface area (Å²) in [5.74, 6) is 0.395. The van der Waals surface area contributed by atoms with Crippen molar-refractivity contribution < 1.29 is 4.79 Å². The summed E-state index contributed by atoms with van der Waals surface area (Å²) < 4.78 is 0. The van der Waals surface area contributed by atoms with E-state index in [1.54, 1.807) is 0 Å². The van der Waals surface area contributed by atoms with Gasteiger partial charge in [-0.05, 0) is 19.4 Å². The summed E-state index contributed by atoms with van der Waals surface area (Å²) in [6.45, 7) is 7.86. The summed E-state index contributed by atoms with van der Waals surface area (Å²) in [5.41, 5.74) is 8.70. The first kappa shape index (κ1) is 13.4. The molecule has 1 atom stereocenters. The van der Waals surface area contributed by atoms with Crippen LogP contribution in [0, 0.1) is 5.92 Å². The van der Waals surface area contributed by atoms with E-state index in [9.17, 15) is 4.79 Å². The summed E-state index contributed by atoms with van der Waals surface area (Å²) in [4.78, 5) is 14.0. The van der Waals surface area contributed by atoms with Gasteiger partial charge in [-0.1, -0.05) is 13.8 Å². The summed E-state index contributed by atoms with van der Waals surface area (Å²) >= 11 is 0. The number of piperazine rings is 1. The third kappa shape index (κ3) is 4.47. The molecule has 0 unspecified atom stereocenters. The molecule has 5 heteroatoms. The Balaban J connectivity index is 2.28. The molecule has 1 fully saturated rings. The molecule has 1 aliphatic heterocycles. The quantitative estimate of drug-likeness (QED) is 0.690. The van der Waals surface area contributed by atoms with Gasteiger partial charge < -0.3 is 10.6 Å². The summed E-state index contributed by atoms with van der Waals surface area (Å²) in [6, 6.07) is -0.389. The second kappa shape index (κ2) is 6.18. The Morgan fingerprint density at radius 2 is 1.88 bits per heavy atom. The number of carbonyl (C=O) groups is 1. The Morgan fingerprint density at radius 3 is 2.38 bits per heavy atom. The van der Waals surface area contributed by atoms with Gasteiger partial charge in [-0.15, -0.1) is 0 Å². The molecule has 0 aromatic rings. The standard InChI is InChI=1S/C11H24N4O/c1-9(2)8-10(12)11(16)13-15-6-4-14(3)5-7-15/h9-10H,4-8,12H2,1-3H3,(H,13,16)/t10-/m0/s1. The third-order valence-electron chi connectivity index (χ3n) is 2.83. The third-order valence-corrected chi connectivity index (χ3v) is 2.83. The molecule has 3 N–H and O–H groups in total. The van der Waals surface area contributed by atoms with Gasteiger partial charge in [0.1, 0.15) is 0 Å². The number of nitrogens with zero attached hydrogens (tertiary/aromatic N) is 2. The van der Waals surface area contributed by atoms with Crippen LogP contribution in [0.2, 0.25) is 0 Å². The number of rotatable bonds is 4. The van der Waals surface area contributed by atoms with Gasteiger partial charge in [0.2, 0.25) is 0 Å². The molecule has 1 saturated heterocycles. The van der Waals surface area contributed by atoms with Crippen molar-refractivity contribution in [2.45, 2.75) is 26.3 Å². The van der Waals surface area contributed by atoms with Crippen molar-refractivity contribution in [1.29, 1.82) is 0 Å². The highest BCUT2D eigenvalue weighted by Gasteiger charge is 2.20. The van der Waals surface area contributed by atoms with Crippen LogP contribution in [0.25, 0.3) is 0 Å². The van der Waals surface area contributed by atoms with E-state index in [-0.39, 0.29) is 11.9 Å². The summed E-state index contributed by atoms with van der Waals surface area (Å²) in [7, 11) is 2.09. The first-order chi connectivity index (χ1) is 7.49. The normalized spacial score (nSPS) is 21.1. The van der Waals surface area contributed by atoms with Gasteiger partial charge in [0.25, 0.3) is 5.91 Å². The zero-order valence-corrected chi connectivity index (χ0v) is 10.6. The molecular weight excluding hydrogens is 204 g/mol. The molecule has 0 aromatic heterocycles. The molecule has 0 radical (unpaired) electrons. The van der Waals surface area contributed by atoms with Gasteiger partial charge in [0.05, 0.1) is 6.04 Å². The van der Waals surface area contributed by atoms with E-state index in [4.69, 9.17) is 5.73 Å². The van der Waals surface area contributed by atoms with Crippen molar-refractivity contribution in [3.8, 4) is 0 Å². The van der Waals surface area contributed by atoms with E-state index in [0.29, 0.717) is 5.92 Å². The maximum absolute atomic E-state index is 11.7. The van der Waals surface area contributed by atoms with E-state index in [1.165, 1.54) is 0 Å². The van der Waals surface area contributed by atoms with Crippen LogP contribution >= 0.6 is 0 Å². The Kier molecular flexibility index (Phi) is 5.18. The average molecular weight is 228 g/mol.